The maximum absolute atomic E-state index is 3.94. The standard InChI is InChI=1S/C6H12N3/c1-9(2,3)8-5-4-7-6-8/h4-6H,1-3H3/q+1. The average molecular weight is 126 g/mol. The molecule has 0 spiro atoms. The van der Waals surface area contributed by atoms with Gasteiger partial charge in [0.2, 0.25) is 0 Å². The lowest BCUT2D eigenvalue weighted by Crippen LogP contribution is -2.45. The minimum absolute atomic E-state index is 0.764. The van der Waals surface area contributed by atoms with Crippen molar-refractivity contribution in [1.82, 2.24) is 14.3 Å². The second-order valence-electron chi connectivity index (χ2n) is 2.88. The normalized spacial score (nSPS) is 11.9. The van der Waals surface area contributed by atoms with Crippen LogP contribution in [0.15, 0.2) is 18.7 Å². The zero-order valence-corrected chi connectivity index (χ0v) is 6.07. The fourth-order valence-electron chi connectivity index (χ4n) is 0.607. The highest BCUT2D eigenvalue weighted by atomic mass is 15.7. The van der Waals surface area contributed by atoms with Crippen LogP contribution in [-0.2, 0) is 0 Å². The number of quaternary nitrogens is 1. The van der Waals surface area contributed by atoms with E-state index < -0.39 is 0 Å². The van der Waals surface area contributed by atoms with E-state index in [1.807, 2.05) is 10.9 Å². The molecule has 0 saturated carbocycles. The van der Waals surface area contributed by atoms with E-state index >= 15 is 0 Å². The van der Waals surface area contributed by atoms with Crippen LogP contribution in [0.1, 0.15) is 0 Å². The van der Waals surface area contributed by atoms with Gasteiger partial charge in [-0.25, -0.2) is 9.58 Å². The minimum Gasteiger partial charge on any atom is -0.240 e. The fraction of sp³-hybridized carbons (Fsp3) is 0.500. The maximum atomic E-state index is 3.94. The molecule has 50 valence electrons. The third-order valence-corrected chi connectivity index (χ3v) is 1.18. The monoisotopic (exact) mass is 126 g/mol. The quantitative estimate of drug-likeness (QED) is 0.492. The van der Waals surface area contributed by atoms with E-state index in [-0.39, 0.29) is 0 Å². The summed E-state index contributed by atoms with van der Waals surface area (Å²) in [7, 11) is 6.26. The summed E-state index contributed by atoms with van der Waals surface area (Å²) in [6.45, 7) is 0. The van der Waals surface area contributed by atoms with Crippen LogP contribution in [0.5, 0.6) is 0 Å². The van der Waals surface area contributed by atoms with Crippen molar-refractivity contribution in [2.75, 3.05) is 21.1 Å². The summed E-state index contributed by atoms with van der Waals surface area (Å²) in [5, 5.41) is 0. The number of aromatic nitrogens is 2. The van der Waals surface area contributed by atoms with Gasteiger partial charge in [-0.05, 0) is 0 Å². The molecule has 0 amide bonds. The van der Waals surface area contributed by atoms with Crippen molar-refractivity contribution >= 4 is 0 Å². The predicted molar refractivity (Wildman–Crippen MR) is 37.5 cm³/mol. The fourth-order valence-corrected chi connectivity index (χ4v) is 0.607. The molecule has 0 atom stereocenters. The van der Waals surface area contributed by atoms with Crippen LogP contribution in [0, 0.1) is 0 Å². The summed E-state index contributed by atoms with van der Waals surface area (Å²) >= 11 is 0. The minimum atomic E-state index is 0.764. The first-order valence-corrected chi connectivity index (χ1v) is 2.91. The third kappa shape index (κ3) is 1.29. The Morgan fingerprint density at radius 2 is 2.00 bits per heavy atom. The Morgan fingerprint density at radius 3 is 2.22 bits per heavy atom. The molecule has 0 N–H and O–H groups in total. The van der Waals surface area contributed by atoms with Gasteiger partial charge in [0.05, 0.1) is 33.5 Å². The molecule has 3 nitrogen and oxygen atoms in total. The average Bonchev–Trinajstić information content (AvgIpc) is 2.08. The molecule has 9 heavy (non-hydrogen) atoms. The van der Waals surface area contributed by atoms with Gasteiger partial charge in [0.15, 0.2) is 0 Å². The first-order valence-electron chi connectivity index (χ1n) is 2.91. The molecular weight excluding hydrogens is 114 g/mol. The van der Waals surface area contributed by atoms with E-state index in [0.29, 0.717) is 0 Å². The second-order valence-corrected chi connectivity index (χ2v) is 2.88. The zero-order valence-electron chi connectivity index (χ0n) is 6.07. The van der Waals surface area contributed by atoms with Crippen molar-refractivity contribution in [3.8, 4) is 0 Å². The Kier molecular flexibility index (Phi) is 1.29. The summed E-state index contributed by atoms with van der Waals surface area (Å²) < 4.78 is 2.78. The van der Waals surface area contributed by atoms with Crippen LogP contribution < -0.4 is 4.59 Å². The molecule has 0 fully saturated rings. The van der Waals surface area contributed by atoms with Crippen LogP contribution in [0.4, 0.5) is 0 Å². The van der Waals surface area contributed by atoms with Crippen LogP contribution in [0.3, 0.4) is 0 Å². The van der Waals surface area contributed by atoms with Gasteiger partial charge in [-0.2, -0.15) is 4.68 Å². The molecule has 1 rings (SSSR count). The van der Waals surface area contributed by atoms with Gasteiger partial charge in [0, 0.05) is 0 Å². The summed E-state index contributed by atoms with van der Waals surface area (Å²) in [4.78, 5) is 3.94. The zero-order chi connectivity index (χ0) is 6.91. The molecular formula is C6H12N3+. The Balaban J connectivity index is 2.90. The SMILES string of the molecule is C[N+](C)(C)n1ccnc1. The van der Waals surface area contributed by atoms with Crippen LogP contribution in [0.2, 0.25) is 0 Å². The van der Waals surface area contributed by atoms with Crippen LogP contribution in [-0.4, -0.2) is 30.8 Å². The van der Waals surface area contributed by atoms with Gasteiger partial charge in [0.1, 0.15) is 6.33 Å². The van der Waals surface area contributed by atoms with Crippen molar-refractivity contribution in [2.45, 2.75) is 0 Å². The van der Waals surface area contributed by atoms with E-state index in [0.717, 1.165) is 4.59 Å². The third-order valence-electron chi connectivity index (χ3n) is 1.18. The van der Waals surface area contributed by atoms with Crippen molar-refractivity contribution in [1.29, 1.82) is 0 Å². The van der Waals surface area contributed by atoms with E-state index in [1.54, 1.807) is 12.5 Å². The van der Waals surface area contributed by atoms with Crippen molar-refractivity contribution in [3.05, 3.63) is 18.7 Å². The predicted octanol–water partition coefficient (Wildman–Crippen LogP) is 0.211. The molecule has 0 saturated heterocycles. The lowest BCUT2D eigenvalue weighted by molar-refractivity contribution is 0.258. The second kappa shape index (κ2) is 1.84. The van der Waals surface area contributed by atoms with Crippen molar-refractivity contribution < 1.29 is 0 Å². The summed E-state index contributed by atoms with van der Waals surface area (Å²) in [5.41, 5.74) is 0. The summed E-state index contributed by atoms with van der Waals surface area (Å²) in [6, 6.07) is 0. The molecule has 3 heteroatoms. The molecule has 0 bridgehead atoms. The highest BCUT2D eigenvalue weighted by molar-refractivity contribution is 4.78. The molecule has 0 radical (unpaired) electrons. The smallest absolute Gasteiger partial charge is 0.145 e. The summed E-state index contributed by atoms with van der Waals surface area (Å²) in [6.07, 6.45) is 5.53. The van der Waals surface area contributed by atoms with E-state index in [2.05, 4.69) is 26.1 Å². The van der Waals surface area contributed by atoms with Crippen LogP contribution >= 0.6 is 0 Å². The van der Waals surface area contributed by atoms with Gasteiger partial charge in [-0.15, -0.1) is 0 Å². The lowest BCUT2D eigenvalue weighted by Gasteiger charge is -2.23. The van der Waals surface area contributed by atoms with E-state index in [4.69, 9.17) is 0 Å². The number of hydrogen-bond donors (Lipinski definition) is 0. The molecule has 1 heterocycles. The molecule has 0 aliphatic carbocycles. The number of rotatable bonds is 1. The van der Waals surface area contributed by atoms with Crippen molar-refractivity contribution in [3.63, 3.8) is 0 Å². The number of nitrogens with zero attached hydrogens (tertiary/aromatic N) is 3. The van der Waals surface area contributed by atoms with E-state index in [9.17, 15) is 0 Å². The Morgan fingerprint density at radius 1 is 1.33 bits per heavy atom. The Bertz CT molecular complexity index is 171. The van der Waals surface area contributed by atoms with Gasteiger partial charge >= 0.3 is 0 Å². The van der Waals surface area contributed by atoms with Gasteiger partial charge in [-0.1, -0.05) is 0 Å². The van der Waals surface area contributed by atoms with Gasteiger partial charge in [-0.3, -0.25) is 0 Å². The van der Waals surface area contributed by atoms with Crippen molar-refractivity contribution in [2.24, 2.45) is 0 Å². The highest BCUT2D eigenvalue weighted by Gasteiger charge is 2.06. The van der Waals surface area contributed by atoms with Crippen LogP contribution in [0.25, 0.3) is 0 Å². The molecule has 0 aliphatic heterocycles. The first-order chi connectivity index (χ1) is 4.11. The molecule has 0 aromatic carbocycles. The number of imidazole rings is 1. The molecule has 1 aromatic heterocycles. The molecule has 1 aromatic rings. The molecule has 0 unspecified atom stereocenters. The topological polar surface area (TPSA) is 17.8 Å². The summed E-state index contributed by atoms with van der Waals surface area (Å²) in [5.74, 6) is 0. The van der Waals surface area contributed by atoms with E-state index in [1.165, 1.54) is 0 Å². The van der Waals surface area contributed by atoms with Gasteiger partial charge < -0.3 is 0 Å². The number of hydrogen-bond acceptors (Lipinski definition) is 1. The maximum Gasteiger partial charge on any atom is 0.145 e. The molecule has 0 aliphatic rings. The lowest BCUT2D eigenvalue weighted by atomic mass is 10.8. The first kappa shape index (κ1) is 6.29. The van der Waals surface area contributed by atoms with Gasteiger partial charge in [0.25, 0.3) is 0 Å². The Labute approximate surface area is 55.1 Å². The largest absolute Gasteiger partial charge is 0.240 e. The Hall–Kier alpha value is -0.830. The highest BCUT2D eigenvalue weighted by Crippen LogP contribution is 1.90.